The average molecular weight is 204 g/mol. The van der Waals surface area contributed by atoms with E-state index in [-0.39, 0.29) is 6.61 Å². The zero-order valence-electron chi connectivity index (χ0n) is 7.54. The van der Waals surface area contributed by atoms with Crippen molar-refractivity contribution in [2.24, 2.45) is 0 Å². The fourth-order valence-corrected chi connectivity index (χ4v) is 0.496. The largest absolute Gasteiger partial charge is 0.510 e. The summed E-state index contributed by atoms with van der Waals surface area (Å²) in [5, 5.41) is 8.72. The normalized spacial score (nSPS) is 12.1. The monoisotopic (exact) mass is 204 g/mol. The van der Waals surface area contributed by atoms with Crippen LogP contribution in [0, 0.1) is 17.0 Å². The van der Waals surface area contributed by atoms with Crippen LogP contribution in [0.4, 0.5) is 4.79 Å². The summed E-state index contributed by atoms with van der Waals surface area (Å²) in [5.41, 5.74) is 0. The van der Waals surface area contributed by atoms with Crippen LogP contribution in [0.3, 0.4) is 0 Å². The first-order valence-corrected chi connectivity index (χ1v) is 3.65. The number of carbonyl (C=O) groups excluding carboxylic acids is 1. The molecule has 0 aromatic heterocycles. The molecule has 0 aromatic rings. The molecule has 0 rings (SSSR count). The van der Waals surface area contributed by atoms with Gasteiger partial charge in [0, 0.05) is 0 Å². The van der Waals surface area contributed by atoms with Crippen molar-refractivity contribution < 1.29 is 24.2 Å². The van der Waals surface area contributed by atoms with E-state index in [9.17, 15) is 14.9 Å². The second-order valence-corrected chi connectivity index (χ2v) is 2.05. The lowest BCUT2D eigenvalue weighted by Crippen LogP contribution is -2.21. The van der Waals surface area contributed by atoms with Crippen LogP contribution in [0.2, 0.25) is 0 Å². The average Bonchev–Trinajstić information content (AvgIpc) is 2.02. The van der Waals surface area contributed by atoms with E-state index in [4.69, 9.17) is 0 Å². The molecule has 0 aliphatic heterocycles. The van der Waals surface area contributed by atoms with Crippen molar-refractivity contribution in [3.05, 3.63) is 29.2 Å². The van der Waals surface area contributed by atoms with Gasteiger partial charge in [0.25, 0.3) is 5.09 Å². The highest BCUT2D eigenvalue weighted by Crippen LogP contribution is 1.96. The van der Waals surface area contributed by atoms with Gasteiger partial charge in [-0.05, 0) is 13.8 Å². The van der Waals surface area contributed by atoms with Crippen LogP contribution in [0.1, 0.15) is 6.92 Å². The summed E-state index contributed by atoms with van der Waals surface area (Å²) in [4.78, 5) is 24.4. The van der Waals surface area contributed by atoms with Crippen LogP contribution in [-0.4, -0.2) is 24.1 Å². The Labute approximate surface area is 80.3 Å². The van der Waals surface area contributed by atoms with Crippen LogP contribution in [0.15, 0.2) is 12.2 Å². The number of allylic oxidation sites excluding steroid dienone is 1. The van der Waals surface area contributed by atoms with E-state index in [1.807, 2.05) is 0 Å². The minimum Gasteiger partial charge on any atom is -0.430 e. The Morgan fingerprint density at radius 3 is 2.86 bits per heavy atom. The van der Waals surface area contributed by atoms with Crippen LogP contribution >= 0.6 is 0 Å². The Kier molecular flexibility index (Phi) is 5.84. The van der Waals surface area contributed by atoms with Crippen LogP contribution in [0.25, 0.3) is 0 Å². The maximum Gasteiger partial charge on any atom is 0.510 e. The molecule has 0 spiro atoms. The molecule has 0 N–H and O–H groups in total. The smallest absolute Gasteiger partial charge is 0.430 e. The number of ether oxygens (including phenoxy) is 2. The predicted octanol–water partition coefficient (Wildman–Crippen LogP) is 1.08. The Hall–Kier alpha value is -1.79. The molecule has 1 radical (unpaired) electrons. The minimum absolute atomic E-state index is 0.00643. The highest BCUT2D eigenvalue weighted by Gasteiger charge is 2.12. The lowest BCUT2D eigenvalue weighted by atomic mass is 10.6. The SMILES string of the molecule is [CH2]/C=C\COC(=O)OC(C)O[N+](=O)[O-]. The molecule has 0 aliphatic carbocycles. The maximum atomic E-state index is 10.7. The molecule has 1 unspecified atom stereocenters. The molecule has 0 heterocycles. The van der Waals surface area contributed by atoms with Crippen molar-refractivity contribution in [3.63, 3.8) is 0 Å². The fraction of sp³-hybridized carbons (Fsp3) is 0.429. The van der Waals surface area contributed by atoms with Gasteiger partial charge in [-0.3, -0.25) is 4.84 Å². The summed E-state index contributed by atoms with van der Waals surface area (Å²) in [7, 11) is 0. The molecule has 79 valence electrons. The predicted molar refractivity (Wildman–Crippen MR) is 44.5 cm³/mol. The van der Waals surface area contributed by atoms with Crippen LogP contribution in [0.5, 0.6) is 0 Å². The molecule has 0 amide bonds. The van der Waals surface area contributed by atoms with Crippen molar-refractivity contribution >= 4 is 6.16 Å². The van der Waals surface area contributed by atoms with Gasteiger partial charge in [0.1, 0.15) is 6.61 Å². The summed E-state index contributed by atoms with van der Waals surface area (Å²) in [6.07, 6.45) is 0.573. The van der Waals surface area contributed by atoms with Gasteiger partial charge in [-0.15, -0.1) is 10.1 Å². The maximum absolute atomic E-state index is 10.7. The highest BCUT2D eigenvalue weighted by atomic mass is 17.0. The quantitative estimate of drug-likeness (QED) is 0.288. The summed E-state index contributed by atoms with van der Waals surface area (Å²) in [6, 6.07) is 0. The third-order valence-electron chi connectivity index (χ3n) is 0.961. The molecule has 0 fully saturated rings. The lowest BCUT2D eigenvalue weighted by molar-refractivity contribution is -0.777. The zero-order chi connectivity index (χ0) is 11.0. The summed E-state index contributed by atoms with van der Waals surface area (Å²) >= 11 is 0. The molecule has 0 aromatic carbocycles. The van der Waals surface area contributed by atoms with Gasteiger partial charge in [-0.25, -0.2) is 4.79 Å². The third-order valence-corrected chi connectivity index (χ3v) is 0.961. The molecule has 14 heavy (non-hydrogen) atoms. The van der Waals surface area contributed by atoms with Gasteiger partial charge in [0.2, 0.25) is 6.29 Å². The van der Waals surface area contributed by atoms with Crippen molar-refractivity contribution in [2.75, 3.05) is 6.61 Å². The highest BCUT2D eigenvalue weighted by molar-refractivity contribution is 5.60. The van der Waals surface area contributed by atoms with E-state index < -0.39 is 17.5 Å². The molecule has 0 bridgehead atoms. The number of nitrogens with zero attached hydrogens (tertiary/aromatic N) is 1. The second-order valence-electron chi connectivity index (χ2n) is 2.05. The van der Waals surface area contributed by atoms with E-state index in [2.05, 4.69) is 21.2 Å². The second kappa shape index (κ2) is 6.70. The molecule has 1 atom stereocenters. The van der Waals surface area contributed by atoms with E-state index >= 15 is 0 Å². The van der Waals surface area contributed by atoms with Crippen LogP contribution < -0.4 is 0 Å². The molecule has 7 nitrogen and oxygen atoms in total. The summed E-state index contributed by atoms with van der Waals surface area (Å²) < 4.78 is 8.77. The number of rotatable bonds is 5. The Balaban J connectivity index is 3.65. The number of carbonyl (C=O) groups is 1. The fourth-order valence-electron chi connectivity index (χ4n) is 0.496. The Bertz CT molecular complexity index is 226. The van der Waals surface area contributed by atoms with E-state index in [1.54, 1.807) is 0 Å². The van der Waals surface area contributed by atoms with Gasteiger partial charge in [-0.2, -0.15) is 0 Å². The molecular weight excluding hydrogens is 194 g/mol. The lowest BCUT2D eigenvalue weighted by Gasteiger charge is -2.09. The summed E-state index contributed by atoms with van der Waals surface area (Å²) in [6.45, 7) is 4.55. The van der Waals surface area contributed by atoms with Crippen molar-refractivity contribution in [1.29, 1.82) is 0 Å². The minimum atomic E-state index is -1.29. The van der Waals surface area contributed by atoms with E-state index in [0.717, 1.165) is 0 Å². The van der Waals surface area contributed by atoms with Crippen molar-refractivity contribution in [2.45, 2.75) is 13.2 Å². The first-order valence-electron chi connectivity index (χ1n) is 3.65. The van der Waals surface area contributed by atoms with Gasteiger partial charge in [-0.1, -0.05) is 12.2 Å². The summed E-state index contributed by atoms with van der Waals surface area (Å²) in [5.74, 6) is 0. The van der Waals surface area contributed by atoms with Crippen LogP contribution in [-0.2, 0) is 14.3 Å². The van der Waals surface area contributed by atoms with E-state index in [0.29, 0.717) is 0 Å². The number of hydrogen-bond acceptors (Lipinski definition) is 6. The first-order chi connectivity index (χ1) is 6.56. The van der Waals surface area contributed by atoms with Gasteiger partial charge in [0.15, 0.2) is 0 Å². The standard InChI is InChI=1S/C7H10NO6/c1-3-4-5-12-7(9)13-6(2)14-8(10)11/h3-4,6H,1,5H2,2H3/b4-3-. The molecule has 0 aliphatic rings. The Morgan fingerprint density at radius 1 is 1.71 bits per heavy atom. The zero-order valence-corrected chi connectivity index (χ0v) is 7.54. The molecular formula is C7H10NO6. The van der Waals surface area contributed by atoms with Crippen molar-refractivity contribution in [1.82, 2.24) is 0 Å². The van der Waals surface area contributed by atoms with Gasteiger partial charge < -0.3 is 9.47 Å². The van der Waals surface area contributed by atoms with Gasteiger partial charge >= 0.3 is 6.16 Å². The third kappa shape index (κ3) is 6.89. The number of hydrogen-bond donors (Lipinski definition) is 0. The first kappa shape index (κ1) is 12.2. The topological polar surface area (TPSA) is 87.9 Å². The Morgan fingerprint density at radius 2 is 2.36 bits per heavy atom. The molecule has 0 saturated heterocycles. The van der Waals surface area contributed by atoms with E-state index in [1.165, 1.54) is 19.1 Å². The van der Waals surface area contributed by atoms with Crippen molar-refractivity contribution in [3.8, 4) is 0 Å². The molecule has 0 saturated carbocycles. The molecule has 7 heteroatoms. The van der Waals surface area contributed by atoms with Gasteiger partial charge in [0.05, 0.1) is 0 Å².